The van der Waals surface area contributed by atoms with Crippen molar-refractivity contribution in [3.8, 4) is 0 Å². The van der Waals surface area contributed by atoms with Gasteiger partial charge in [0.25, 0.3) is 0 Å². The summed E-state index contributed by atoms with van der Waals surface area (Å²) in [5.41, 5.74) is 0.674. The minimum Gasteiger partial charge on any atom is -0.444 e. The maximum absolute atomic E-state index is 12.1. The van der Waals surface area contributed by atoms with Gasteiger partial charge in [0.15, 0.2) is 0 Å². The Hall–Kier alpha value is -1.49. The van der Waals surface area contributed by atoms with Crippen molar-refractivity contribution in [3.63, 3.8) is 0 Å². The number of ketones is 1. The molecule has 2 rings (SSSR count). The Morgan fingerprint density at radius 3 is 2.50 bits per heavy atom. The number of hydrogen-bond acceptors (Lipinski definition) is 4. The van der Waals surface area contributed by atoms with Crippen LogP contribution < -0.4 is 0 Å². The second-order valence-electron chi connectivity index (χ2n) is 6.56. The maximum Gasteiger partial charge on any atom is 0.410 e. The minimum absolute atomic E-state index is 0.199. The van der Waals surface area contributed by atoms with Crippen LogP contribution in [-0.2, 0) is 9.53 Å². The lowest BCUT2D eigenvalue weighted by Gasteiger charge is -2.33. The van der Waals surface area contributed by atoms with Crippen molar-refractivity contribution in [2.75, 3.05) is 13.1 Å². The molecule has 0 N–H and O–H groups in total. The summed E-state index contributed by atoms with van der Waals surface area (Å²) in [5, 5.41) is -0.219. The van der Waals surface area contributed by atoms with Crippen molar-refractivity contribution >= 4 is 23.6 Å². The molecule has 1 aromatic carbocycles. The lowest BCUT2D eigenvalue weighted by atomic mass is 10.1. The molecule has 0 bridgehead atoms. The van der Waals surface area contributed by atoms with Crippen LogP contribution in [0, 0.1) is 6.92 Å². The molecule has 0 radical (unpaired) electrons. The zero-order chi connectivity index (χ0) is 16.3. The molecule has 0 spiro atoms. The fourth-order valence-electron chi connectivity index (χ4n) is 2.18. The summed E-state index contributed by atoms with van der Waals surface area (Å²) >= 11 is 1.52. The number of aryl methyl sites for hydroxylation is 1. The van der Waals surface area contributed by atoms with Gasteiger partial charge in [-0.05, 0) is 39.8 Å². The highest BCUT2D eigenvalue weighted by Crippen LogP contribution is 2.28. The summed E-state index contributed by atoms with van der Waals surface area (Å²) in [6.45, 7) is 8.42. The van der Waals surface area contributed by atoms with Crippen molar-refractivity contribution in [2.24, 2.45) is 0 Å². The van der Waals surface area contributed by atoms with Gasteiger partial charge in [-0.25, -0.2) is 4.79 Å². The second kappa shape index (κ2) is 6.73. The second-order valence-corrected chi connectivity index (χ2v) is 7.84. The fourth-order valence-corrected chi connectivity index (χ4v) is 3.30. The van der Waals surface area contributed by atoms with Gasteiger partial charge >= 0.3 is 6.09 Å². The van der Waals surface area contributed by atoms with Crippen LogP contribution in [0.15, 0.2) is 29.2 Å². The summed E-state index contributed by atoms with van der Waals surface area (Å²) < 4.78 is 5.39. The van der Waals surface area contributed by atoms with Gasteiger partial charge in [0, 0.05) is 24.4 Å². The zero-order valence-electron chi connectivity index (χ0n) is 13.6. The van der Waals surface area contributed by atoms with Crippen LogP contribution >= 0.6 is 11.8 Å². The number of carbonyl (C=O) groups is 2. The third kappa shape index (κ3) is 4.77. The topological polar surface area (TPSA) is 46.6 Å². The number of thioether (sulfide) groups is 1. The first-order chi connectivity index (χ1) is 10.2. The molecule has 1 fully saturated rings. The number of amides is 1. The highest BCUT2D eigenvalue weighted by Gasteiger charge is 2.32. The molecule has 0 aliphatic carbocycles. The lowest BCUT2D eigenvalue weighted by molar-refractivity contribution is -0.120. The molecule has 1 aromatic rings. The number of rotatable bonds is 2. The van der Waals surface area contributed by atoms with E-state index >= 15 is 0 Å². The summed E-state index contributed by atoms with van der Waals surface area (Å²) in [4.78, 5) is 27.0. The SMILES string of the molecule is Cc1ccc(S[C@@H]2CN(C(=O)OC(C)(C)C)CCC2=O)cc1. The number of piperidine rings is 1. The Bertz CT molecular complexity index is 548. The Kier molecular flexibility index (Phi) is 5.16. The smallest absolute Gasteiger partial charge is 0.410 e. The first kappa shape index (κ1) is 16.9. The highest BCUT2D eigenvalue weighted by molar-refractivity contribution is 8.00. The van der Waals surface area contributed by atoms with Crippen LogP contribution in [0.2, 0.25) is 0 Å². The van der Waals surface area contributed by atoms with Gasteiger partial charge in [-0.1, -0.05) is 17.7 Å². The zero-order valence-corrected chi connectivity index (χ0v) is 14.4. The van der Waals surface area contributed by atoms with Crippen molar-refractivity contribution in [1.29, 1.82) is 0 Å². The molecule has 4 nitrogen and oxygen atoms in total. The number of likely N-dealkylation sites (tertiary alicyclic amines) is 1. The average molecular weight is 321 g/mol. The lowest BCUT2D eigenvalue weighted by Crippen LogP contribution is -2.47. The first-order valence-corrected chi connectivity index (χ1v) is 8.36. The summed E-state index contributed by atoms with van der Waals surface area (Å²) in [7, 11) is 0. The number of nitrogens with zero attached hydrogens (tertiary/aromatic N) is 1. The largest absolute Gasteiger partial charge is 0.444 e. The molecule has 120 valence electrons. The monoisotopic (exact) mass is 321 g/mol. The van der Waals surface area contributed by atoms with Crippen molar-refractivity contribution < 1.29 is 14.3 Å². The Morgan fingerprint density at radius 2 is 1.91 bits per heavy atom. The van der Waals surface area contributed by atoms with Gasteiger partial charge in [-0.15, -0.1) is 11.8 Å². The van der Waals surface area contributed by atoms with E-state index in [9.17, 15) is 9.59 Å². The summed E-state index contributed by atoms with van der Waals surface area (Å²) in [6, 6.07) is 8.09. The van der Waals surface area contributed by atoms with E-state index in [0.717, 1.165) is 4.90 Å². The van der Waals surface area contributed by atoms with Crippen molar-refractivity contribution in [1.82, 2.24) is 4.90 Å². The van der Waals surface area contributed by atoms with Gasteiger partial charge in [-0.3, -0.25) is 4.79 Å². The number of Topliss-reactive ketones (excluding diaryl/α,β-unsaturated/α-hetero) is 1. The van der Waals surface area contributed by atoms with E-state index in [1.54, 1.807) is 4.90 Å². The quantitative estimate of drug-likeness (QED) is 0.834. The third-order valence-corrected chi connectivity index (χ3v) is 4.57. The molecule has 1 heterocycles. The van der Waals surface area contributed by atoms with Crippen LogP contribution in [0.1, 0.15) is 32.8 Å². The van der Waals surface area contributed by atoms with Crippen molar-refractivity contribution in [3.05, 3.63) is 29.8 Å². The third-order valence-electron chi connectivity index (χ3n) is 3.32. The van der Waals surface area contributed by atoms with E-state index in [0.29, 0.717) is 19.5 Å². The van der Waals surface area contributed by atoms with E-state index in [1.165, 1.54) is 17.3 Å². The number of carbonyl (C=O) groups excluding carboxylic acids is 2. The molecule has 1 saturated heterocycles. The van der Waals surface area contributed by atoms with E-state index in [2.05, 4.69) is 0 Å². The molecule has 1 amide bonds. The van der Waals surface area contributed by atoms with Crippen LogP contribution in [-0.4, -0.2) is 40.7 Å². The van der Waals surface area contributed by atoms with Gasteiger partial charge in [0.05, 0.1) is 5.25 Å². The number of benzene rings is 1. The van der Waals surface area contributed by atoms with Gasteiger partial charge in [-0.2, -0.15) is 0 Å². The minimum atomic E-state index is -0.516. The predicted molar refractivity (Wildman–Crippen MR) is 88.3 cm³/mol. The molecule has 0 unspecified atom stereocenters. The van der Waals surface area contributed by atoms with Crippen LogP contribution in [0.3, 0.4) is 0 Å². The Balaban J connectivity index is 2.00. The van der Waals surface area contributed by atoms with E-state index < -0.39 is 5.60 Å². The van der Waals surface area contributed by atoms with E-state index in [1.807, 2.05) is 52.0 Å². The summed E-state index contributed by atoms with van der Waals surface area (Å²) in [5.74, 6) is 0.199. The maximum atomic E-state index is 12.1. The molecule has 1 aliphatic heterocycles. The molecule has 0 aromatic heterocycles. The van der Waals surface area contributed by atoms with Crippen LogP contribution in [0.5, 0.6) is 0 Å². The molecule has 1 atom stereocenters. The first-order valence-electron chi connectivity index (χ1n) is 7.48. The molecule has 1 aliphatic rings. The van der Waals surface area contributed by atoms with Crippen molar-refractivity contribution in [2.45, 2.75) is 49.9 Å². The fraction of sp³-hybridized carbons (Fsp3) is 0.529. The predicted octanol–water partition coefficient (Wildman–Crippen LogP) is 3.67. The summed E-state index contributed by atoms with van der Waals surface area (Å²) in [6.07, 6.45) is 0.0532. The van der Waals surface area contributed by atoms with Crippen LogP contribution in [0.4, 0.5) is 4.79 Å². The van der Waals surface area contributed by atoms with E-state index in [-0.39, 0.29) is 17.1 Å². The molecule has 0 saturated carbocycles. The highest BCUT2D eigenvalue weighted by atomic mass is 32.2. The van der Waals surface area contributed by atoms with Gasteiger partial charge in [0.1, 0.15) is 11.4 Å². The van der Waals surface area contributed by atoms with E-state index in [4.69, 9.17) is 4.74 Å². The Labute approximate surface area is 136 Å². The molecular weight excluding hydrogens is 298 g/mol. The molecule has 22 heavy (non-hydrogen) atoms. The number of hydrogen-bond donors (Lipinski definition) is 0. The Morgan fingerprint density at radius 1 is 1.27 bits per heavy atom. The number of ether oxygens (including phenoxy) is 1. The van der Waals surface area contributed by atoms with Gasteiger partial charge in [0.2, 0.25) is 0 Å². The van der Waals surface area contributed by atoms with Gasteiger partial charge < -0.3 is 9.64 Å². The molecular formula is C17H23NO3S. The average Bonchev–Trinajstić information content (AvgIpc) is 2.41. The molecule has 5 heteroatoms. The normalized spacial score (nSPS) is 19.2. The standard InChI is InChI=1S/C17H23NO3S/c1-12-5-7-13(8-6-12)22-15-11-18(10-9-14(15)19)16(20)21-17(2,3)4/h5-8,15H,9-11H2,1-4H3/t15-/m1/s1. The van der Waals surface area contributed by atoms with Crippen LogP contribution in [0.25, 0.3) is 0 Å².